The van der Waals surface area contributed by atoms with Crippen LogP contribution in [0.5, 0.6) is 0 Å². The van der Waals surface area contributed by atoms with Crippen LogP contribution in [0.4, 0.5) is 0 Å². The number of likely N-dealkylation sites (N-methyl/N-ethyl adjacent to an activating group) is 1. The van der Waals surface area contributed by atoms with Crippen molar-refractivity contribution in [1.82, 2.24) is 0 Å². The van der Waals surface area contributed by atoms with Crippen molar-refractivity contribution < 1.29 is 38.2 Å². The van der Waals surface area contributed by atoms with Gasteiger partial charge in [0.1, 0.15) is 6.61 Å². The van der Waals surface area contributed by atoms with Crippen molar-refractivity contribution in [2.75, 3.05) is 41.0 Å². The summed E-state index contributed by atoms with van der Waals surface area (Å²) >= 11 is 0. The van der Waals surface area contributed by atoms with Crippen molar-refractivity contribution in [2.45, 2.75) is 122 Å². The molecule has 0 aromatic rings. The first-order chi connectivity index (χ1) is 25.1. The van der Waals surface area contributed by atoms with Gasteiger partial charge in [-0.25, -0.2) is 4.79 Å². The normalized spacial score (nSPS) is 14.1. The molecule has 292 valence electrons. The van der Waals surface area contributed by atoms with Gasteiger partial charge in [-0.2, -0.15) is 0 Å². The number of hydrogen-bond donors (Lipinski definition) is 1. The maximum atomic E-state index is 12.5. The summed E-state index contributed by atoms with van der Waals surface area (Å²) in [5.41, 5.74) is 0. The number of carbonyl (C=O) groups is 3. The molecule has 0 spiro atoms. The topological polar surface area (TPSA) is 99.1 Å². The van der Waals surface area contributed by atoms with E-state index in [0.29, 0.717) is 12.8 Å². The third-order valence-corrected chi connectivity index (χ3v) is 7.76. The highest BCUT2D eigenvalue weighted by atomic mass is 16.6. The number of aliphatic carboxylic acids is 1. The summed E-state index contributed by atoms with van der Waals surface area (Å²) in [5, 5.41) is 9.57. The number of carboxylic acid groups (broad SMARTS) is 1. The van der Waals surface area contributed by atoms with E-state index in [4.69, 9.17) is 14.2 Å². The van der Waals surface area contributed by atoms with Crippen LogP contribution < -0.4 is 0 Å². The standard InChI is InChI=1S/C44H69NO7/c1-6-8-10-12-14-16-17-18-19-20-21-22-23-24-25-27-28-30-32-34-42(46)51-39-40(38-50-37-36-41(44(48)49)45(3,4)5)52-43(47)35-33-31-29-26-15-13-11-9-7-2/h8-11,14-16,18-19,21-22,24-26,31,33,40-41H,6-7,12-13,17,20,23,27-30,32,34-39H2,1-5H3/p+1/b10-8+,11-9+,16-14+,19-18+,22-21+,25-24+,26-15+,33-31+. The molecule has 2 atom stereocenters. The molecule has 0 aliphatic rings. The molecule has 0 saturated heterocycles. The molecule has 0 fully saturated rings. The maximum absolute atomic E-state index is 12.5. The number of rotatable bonds is 32. The average Bonchev–Trinajstić information content (AvgIpc) is 3.09. The average molecular weight is 725 g/mol. The first-order valence-electron chi connectivity index (χ1n) is 19.3. The predicted molar refractivity (Wildman–Crippen MR) is 215 cm³/mol. The Kier molecular flexibility index (Phi) is 31.9. The molecule has 2 unspecified atom stereocenters. The second-order valence-electron chi connectivity index (χ2n) is 13.4. The molecule has 8 nitrogen and oxygen atoms in total. The Bertz CT molecular complexity index is 1170. The fourth-order valence-corrected chi connectivity index (χ4v) is 4.83. The lowest BCUT2D eigenvalue weighted by Crippen LogP contribution is -2.50. The predicted octanol–water partition coefficient (Wildman–Crippen LogP) is 9.96. The summed E-state index contributed by atoms with van der Waals surface area (Å²) in [4.78, 5) is 36.7. The third kappa shape index (κ3) is 32.2. The second kappa shape index (κ2) is 34.3. The number of allylic oxidation sites excluding steroid dienone is 15. The summed E-state index contributed by atoms with van der Waals surface area (Å²) in [6.07, 6.45) is 45.0. The Morgan fingerprint density at radius 2 is 1.08 bits per heavy atom. The first kappa shape index (κ1) is 48.2. The zero-order valence-corrected chi connectivity index (χ0v) is 33.0. The fraction of sp³-hybridized carbons (Fsp3) is 0.568. The number of hydrogen-bond acceptors (Lipinski definition) is 6. The van der Waals surface area contributed by atoms with Gasteiger partial charge >= 0.3 is 17.9 Å². The fourth-order valence-electron chi connectivity index (χ4n) is 4.83. The summed E-state index contributed by atoms with van der Waals surface area (Å²) in [6, 6.07) is -0.637. The van der Waals surface area contributed by atoms with Crippen molar-refractivity contribution in [3.63, 3.8) is 0 Å². The Labute approximate surface area is 316 Å². The molecule has 0 aromatic carbocycles. The molecule has 0 aliphatic heterocycles. The van der Waals surface area contributed by atoms with Gasteiger partial charge in [0.2, 0.25) is 0 Å². The number of ether oxygens (including phenoxy) is 3. The lowest BCUT2D eigenvalue weighted by Gasteiger charge is -2.31. The molecule has 0 aromatic heterocycles. The minimum atomic E-state index is -0.898. The van der Waals surface area contributed by atoms with Crippen LogP contribution in [0.25, 0.3) is 0 Å². The Hall–Kier alpha value is -3.75. The van der Waals surface area contributed by atoms with Gasteiger partial charge in [-0.15, -0.1) is 0 Å². The van der Waals surface area contributed by atoms with Gasteiger partial charge in [-0.3, -0.25) is 9.59 Å². The highest BCUT2D eigenvalue weighted by molar-refractivity contribution is 5.72. The Morgan fingerprint density at radius 1 is 0.596 bits per heavy atom. The van der Waals surface area contributed by atoms with Crippen molar-refractivity contribution in [3.05, 3.63) is 97.2 Å². The molecule has 8 heteroatoms. The van der Waals surface area contributed by atoms with E-state index < -0.39 is 24.1 Å². The highest BCUT2D eigenvalue weighted by Crippen LogP contribution is 2.10. The molecule has 0 amide bonds. The van der Waals surface area contributed by atoms with Crippen molar-refractivity contribution in [2.24, 2.45) is 0 Å². The van der Waals surface area contributed by atoms with Gasteiger partial charge in [0.15, 0.2) is 12.1 Å². The van der Waals surface area contributed by atoms with E-state index in [1.165, 1.54) is 0 Å². The quantitative estimate of drug-likeness (QED) is 0.0319. The first-order valence-corrected chi connectivity index (χ1v) is 19.3. The molecular formula is C44H70NO7+. The van der Waals surface area contributed by atoms with E-state index in [9.17, 15) is 19.5 Å². The van der Waals surface area contributed by atoms with Gasteiger partial charge in [-0.05, 0) is 70.6 Å². The number of unbranched alkanes of at least 4 members (excludes halogenated alkanes) is 3. The molecule has 52 heavy (non-hydrogen) atoms. The van der Waals surface area contributed by atoms with Crippen LogP contribution in [0.2, 0.25) is 0 Å². The summed E-state index contributed by atoms with van der Waals surface area (Å²) < 4.78 is 17.0. The van der Waals surface area contributed by atoms with Crippen LogP contribution in [0.15, 0.2) is 97.2 Å². The van der Waals surface area contributed by atoms with Crippen LogP contribution in [0, 0.1) is 0 Å². The van der Waals surface area contributed by atoms with E-state index in [0.717, 1.165) is 77.0 Å². The van der Waals surface area contributed by atoms with Crippen LogP contribution in [-0.4, -0.2) is 80.6 Å². The molecule has 1 N–H and O–H groups in total. The molecule has 0 aliphatic carbocycles. The maximum Gasteiger partial charge on any atom is 0.362 e. The van der Waals surface area contributed by atoms with Gasteiger partial charge in [-0.1, -0.05) is 117 Å². The lowest BCUT2D eigenvalue weighted by atomic mass is 10.1. The van der Waals surface area contributed by atoms with Crippen LogP contribution in [0.3, 0.4) is 0 Å². The summed E-state index contributed by atoms with van der Waals surface area (Å²) in [7, 11) is 5.46. The molecule has 0 saturated carbocycles. The minimum absolute atomic E-state index is 0.00742. The lowest BCUT2D eigenvalue weighted by molar-refractivity contribution is -0.887. The third-order valence-electron chi connectivity index (χ3n) is 7.76. The van der Waals surface area contributed by atoms with E-state index in [1.54, 1.807) is 6.08 Å². The second-order valence-corrected chi connectivity index (χ2v) is 13.4. The minimum Gasteiger partial charge on any atom is -0.477 e. The number of carbonyl (C=O) groups excluding carboxylic acids is 2. The van der Waals surface area contributed by atoms with Crippen LogP contribution >= 0.6 is 0 Å². The van der Waals surface area contributed by atoms with E-state index in [-0.39, 0.29) is 36.7 Å². The summed E-state index contributed by atoms with van der Waals surface area (Å²) in [5.74, 6) is -1.68. The zero-order valence-electron chi connectivity index (χ0n) is 33.0. The van der Waals surface area contributed by atoms with E-state index >= 15 is 0 Å². The molecular weight excluding hydrogens is 654 g/mol. The number of carboxylic acids is 1. The van der Waals surface area contributed by atoms with Gasteiger partial charge in [0.25, 0.3) is 0 Å². The number of nitrogens with zero attached hydrogens (tertiary/aromatic N) is 1. The van der Waals surface area contributed by atoms with Gasteiger partial charge < -0.3 is 23.8 Å². The van der Waals surface area contributed by atoms with Crippen LogP contribution in [0.1, 0.15) is 110 Å². The Balaban J connectivity index is 4.50. The number of esters is 2. The smallest absolute Gasteiger partial charge is 0.362 e. The van der Waals surface area contributed by atoms with Crippen LogP contribution in [-0.2, 0) is 28.6 Å². The highest BCUT2D eigenvalue weighted by Gasteiger charge is 2.31. The van der Waals surface area contributed by atoms with Crippen molar-refractivity contribution in [3.8, 4) is 0 Å². The van der Waals surface area contributed by atoms with Gasteiger partial charge in [0, 0.05) is 12.8 Å². The van der Waals surface area contributed by atoms with Gasteiger partial charge in [0.05, 0.1) is 40.8 Å². The largest absolute Gasteiger partial charge is 0.477 e. The monoisotopic (exact) mass is 725 g/mol. The molecule has 0 radical (unpaired) electrons. The molecule has 0 bridgehead atoms. The molecule has 0 heterocycles. The molecule has 0 rings (SSSR count). The van der Waals surface area contributed by atoms with E-state index in [1.807, 2.05) is 33.3 Å². The number of quaternary nitrogens is 1. The van der Waals surface area contributed by atoms with E-state index in [2.05, 4.69) is 92.8 Å². The van der Waals surface area contributed by atoms with Crippen molar-refractivity contribution >= 4 is 17.9 Å². The SMILES string of the molecule is CC/C=C/C/C=C/C/C=C/C/C=C/C/C=C/CCCCCC(=O)OCC(COCCC(C(=O)O)[N+](C)(C)C)OC(=O)C/C=C/C/C=C/C/C=C/CC. The Morgan fingerprint density at radius 3 is 1.56 bits per heavy atom. The summed E-state index contributed by atoms with van der Waals surface area (Å²) in [6.45, 7) is 4.31. The van der Waals surface area contributed by atoms with Crippen molar-refractivity contribution in [1.29, 1.82) is 0 Å². The zero-order chi connectivity index (χ0) is 38.5.